The van der Waals surface area contributed by atoms with Crippen LogP contribution in [0.4, 0.5) is 32.0 Å². The molecule has 0 radical (unpaired) electrons. The van der Waals surface area contributed by atoms with E-state index in [-0.39, 0.29) is 24.5 Å². The van der Waals surface area contributed by atoms with Crippen molar-refractivity contribution in [3.63, 3.8) is 0 Å². The quantitative estimate of drug-likeness (QED) is 0.295. The van der Waals surface area contributed by atoms with Crippen molar-refractivity contribution in [3.05, 3.63) is 108 Å². The molecule has 0 unspecified atom stereocenters. The molecule has 0 bridgehead atoms. The molecule has 2 aromatic carbocycles. The third kappa shape index (κ3) is 4.98. The first-order chi connectivity index (χ1) is 20.5. The number of rotatable bonds is 4. The van der Waals surface area contributed by atoms with E-state index in [0.29, 0.717) is 48.2 Å². The van der Waals surface area contributed by atoms with E-state index in [4.69, 9.17) is 0 Å². The van der Waals surface area contributed by atoms with Crippen LogP contribution in [0.1, 0.15) is 28.9 Å². The number of hydrogen-bond acceptors (Lipinski definition) is 5. The molecule has 2 aliphatic rings. The summed E-state index contributed by atoms with van der Waals surface area (Å²) in [5, 5.41) is 7.57. The molecule has 222 valence electrons. The molecule has 0 saturated carbocycles. The maximum absolute atomic E-state index is 14.5. The van der Waals surface area contributed by atoms with Crippen molar-refractivity contribution in [1.82, 2.24) is 25.0 Å². The van der Waals surface area contributed by atoms with E-state index in [1.165, 1.54) is 29.2 Å². The maximum Gasteiger partial charge on any atom is 0.419 e. The number of anilines is 1. The van der Waals surface area contributed by atoms with Gasteiger partial charge < -0.3 is 15.1 Å². The molecule has 43 heavy (non-hydrogen) atoms. The van der Waals surface area contributed by atoms with Crippen molar-refractivity contribution in [2.45, 2.75) is 24.6 Å². The van der Waals surface area contributed by atoms with E-state index < -0.39 is 40.6 Å². The van der Waals surface area contributed by atoms with E-state index >= 15 is 0 Å². The Labute approximate surface area is 242 Å². The van der Waals surface area contributed by atoms with Gasteiger partial charge in [0.1, 0.15) is 5.82 Å². The van der Waals surface area contributed by atoms with Gasteiger partial charge in [-0.1, -0.05) is 6.58 Å². The molecule has 1 spiro atoms. The summed E-state index contributed by atoms with van der Waals surface area (Å²) in [7, 11) is 0. The summed E-state index contributed by atoms with van der Waals surface area (Å²) >= 11 is 0. The van der Waals surface area contributed by atoms with E-state index in [2.05, 4.69) is 22.0 Å². The molecule has 1 N–H and O–H groups in total. The zero-order valence-corrected chi connectivity index (χ0v) is 22.5. The Balaban J connectivity index is 1.29. The molecule has 0 aliphatic carbocycles. The normalized spacial score (nSPS) is 16.6. The van der Waals surface area contributed by atoms with Crippen LogP contribution in [0.3, 0.4) is 0 Å². The largest absolute Gasteiger partial charge is 0.419 e. The highest BCUT2D eigenvalue weighted by molar-refractivity contribution is 5.93. The molecule has 4 heterocycles. The summed E-state index contributed by atoms with van der Waals surface area (Å²) in [4.78, 5) is 21.2. The van der Waals surface area contributed by atoms with Crippen molar-refractivity contribution >= 4 is 11.6 Å². The van der Waals surface area contributed by atoms with Gasteiger partial charge in [-0.3, -0.25) is 9.78 Å². The molecule has 1 amide bonds. The zero-order chi connectivity index (χ0) is 30.5. The maximum atomic E-state index is 14.5. The van der Waals surface area contributed by atoms with Crippen LogP contribution >= 0.6 is 0 Å². The molecule has 0 atom stereocenters. The Hall–Kier alpha value is -4.81. The number of amides is 1. The molecule has 13 heteroatoms. The topological polar surface area (TPSA) is 66.3 Å². The van der Waals surface area contributed by atoms with Crippen molar-refractivity contribution in [2.24, 2.45) is 0 Å². The SMILES string of the molecule is C=C1NCN(c2ccc(F)c(F)c2)C12CCN(C(=O)c1cc(-c3cccnc3)n(-c3ccc(C(F)(F)F)c(F)c3)n1)CC2. The Kier molecular flexibility index (Phi) is 6.90. The fourth-order valence-electron chi connectivity index (χ4n) is 5.73. The zero-order valence-electron chi connectivity index (χ0n) is 22.5. The Bertz CT molecular complexity index is 1710. The van der Waals surface area contributed by atoms with Gasteiger partial charge in [-0.15, -0.1) is 0 Å². The van der Waals surface area contributed by atoms with Crippen LogP contribution in [0.15, 0.2) is 79.3 Å². The monoisotopic (exact) mass is 598 g/mol. The van der Waals surface area contributed by atoms with Crippen LogP contribution in [0, 0.1) is 17.5 Å². The number of alkyl halides is 3. The minimum Gasteiger partial charge on any atom is -0.370 e. The molecule has 6 rings (SSSR count). The first-order valence-corrected chi connectivity index (χ1v) is 13.3. The van der Waals surface area contributed by atoms with Crippen molar-refractivity contribution in [3.8, 4) is 16.9 Å². The lowest BCUT2D eigenvalue weighted by molar-refractivity contribution is -0.140. The first kappa shape index (κ1) is 28.3. The molecule has 2 saturated heterocycles. The summed E-state index contributed by atoms with van der Waals surface area (Å²) in [5.41, 5.74) is -0.00798. The molecular weight excluding hydrogens is 574 g/mol. The van der Waals surface area contributed by atoms with Gasteiger partial charge >= 0.3 is 6.18 Å². The van der Waals surface area contributed by atoms with Crippen LogP contribution in [-0.2, 0) is 6.18 Å². The summed E-state index contributed by atoms with van der Waals surface area (Å²) in [6.07, 6.45) is -0.967. The number of carbonyl (C=O) groups is 1. The molecule has 2 aliphatic heterocycles. The minimum absolute atomic E-state index is 0.00324. The van der Waals surface area contributed by atoms with E-state index in [1.54, 1.807) is 17.0 Å². The summed E-state index contributed by atoms with van der Waals surface area (Å²) < 4.78 is 82.8. The number of carbonyl (C=O) groups excluding carboxylic acids is 1. The van der Waals surface area contributed by atoms with Gasteiger partial charge in [-0.05, 0) is 55.3 Å². The summed E-state index contributed by atoms with van der Waals surface area (Å²) in [6, 6.07) is 11.0. The van der Waals surface area contributed by atoms with Gasteiger partial charge in [0.2, 0.25) is 0 Å². The van der Waals surface area contributed by atoms with E-state index in [0.717, 1.165) is 24.3 Å². The number of piperidine rings is 1. The van der Waals surface area contributed by atoms with Gasteiger partial charge in [0, 0.05) is 54.6 Å². The predicted octanol–water partition coefficient (Wildman–Crippen LogP) is 5.93. The third-order valence-corrected chi connectivity index (χ3v) is 8.01. The molecular formula is C30H24F6N6O. The Morgan fingerprint density at radius 2 is 1.65 bits per heavy atom. The first-order valence-electron chi connectivity index (χ1n) is 13.3. The highest BCUT2D eigenvalue weighted by atomic mass is 19.4. The number of nitrogens with one attached hydrogen (secondary N) is 1. The summed E-state index contributed by atoms with van der Waals surface area (Å²) in [6.45, 7) is 5.04. The number of hydrogen-bond donors (Lipinski definition) is 1. The van der Waals surface area contributed by atoms with Gasteiger partial charge in [0.25, 0.3) is 5.91 Å². The minimum atomic E-state index is -4.87. The Morgan fingerprint density at radius 3 is 2.30 bits per heavy atom. The lowest BCUT2D eigenvalue weighted by Crippen LogP contribution is -2.54. The van der Waals surface area contributed by atoms with Crippen molar-refractivity contribution < 1.29 is 31.1 Å². The van der Waals surface area contributed by atoms with Crippen molar-refractivity contribution in [1.29, 1.82) is 0 Å². The summed E-state index contributed by atoms with van der Waals surface area (Å²) in [5.74, 6) is -3.82. The molecule has 2 aromatic heterocycles. The lowest BCUT2D eigenvalue weighted by Gasteiger charge is -2.45. The number of nitrogens with zero attached hydrogens (tertiary/aromatic N) is 5. The van der Waals surface area contributed by atoms with Crippen LogP contribution < -0.4 is 10.2 Å². The molecule has 4 aromatic rings. The van der Waals surface area contributed by atoms with Crippen LogP contribution in [0.2, 0.25) is 0 Å². The van der Waals surface area contributed by atoms with Gasteiger partial charge in [-0.2, -0.15) is 18.3 Å². The predicted molar refractivity (Wildman–Crippen MR) is 146 cm³/mol. The average Bonchev–Trinajstić information content (AvgIpc) is 3.56. The highest BCUT2D eigenvalue weighted by Crippen LogP contribution is 2.41. The second-order valence-corrected chi connectivity index (χ2v) is 10.4. The van der Waals surface area contributed by atoms with E-state index in [9.17, 15) is 31.1 Å². The highest BCUT2D eigenvalue weighted by Gasteiger charge is 2.47. The second kappa shape index (κ2) is 10.5. The van der Waals surface area contributed by atoms with Gasteiger partial charge in [0.15, 0.2) is 17.3 Å². The van der Waals surface area contributed by atoms with Crippen molar-refractivity contribution in [2.75, 3.05) is 24.7 Å². The fourth-order valence-corrected chi connectivity index (χ4v) is 5.73. The molecule has 2 fully saturated rings. The Morgan fingerprint density at radius 1 is 0.930 bits per heavy atom. The number of likely N-dealkylation sites (tertiary alicyclic amines) is 1. The number of aromatic nitrogens is 3. The smallest absolute Gasteiger partial charge is 0.370 e. The van der Waals surface area contributed by atoms with Gasteiger partial charge in [0.05, 0.1) is 29.2 Å². The van der Waals surface area contributed by atoms with E-state index in [1.807, 2.05) is 4.90 Å². The number of benzene rings is 2. The molecule has 7 nitrogen and oxygen atoms in total. The second-order valence-electron chi connectivity index (χ2n) is 10.4. The standard InChI is InChI=1S/C30H24F6N6O/c1-18-29(41(17-38-18)20-5-7-23(31)25(33)13-20)8-11-40(12-9-29)28(43)26-15-27(19-3-2-10-37-16-19)42(39-26)21-4-6-22(24(32)14-21)30(34,35)36/h2-7,10,13-16,38H,1,8-9,11-12,17H2. The number of halogens is 6. The fraction of sp³-hybridized carbons (Fsp3) is 0.233. The lowest BCUT2D eigenvalue weighted by atomic mass is 9.84. The van der Waals surface area contributed by atoms with Crippen LogP contribution in [-0.4, -0.2) is 50.9 Å². The van der Waals surface area contributed by atoms with Crippen LogP contribution in [0.25, 0.3) is 16.9 Å². The van der Waals surface area contributed by atoms with Gasteiger partial charge in [-0.25, -0.2) is 17.9 Å². The average molecular weight is 599 g/mol. The number of pyridine rings is 1. The third-order valence-electron chi connectivity index (χ3n) is 8.01. The van der Waals surface area contributed by atoms with Crippen LogP contribution in [0.5, 0.6) is 0 Å².